The molecule has 2 aromatic carbocycles. The zero-order valence-corrected chi connectivity index (χ0v) is 18.7. The second kappa shape index (κ2) is 9.49. The third kappa shape index (κ3) is 5.16. The molecule has 0 radical (unpaired) electrons. The van der Waals surface area contributed by atoms with Gasteiger partial charge in [-0.1, -0.05) is 30.3 Å². The van der Waals surface area contributed by atoms with Gasteiger partial charge in [-0.15, -0.1) is 0 Å². The smallest absolute Gasteiger partial charge is 0.329 e. The van der Waals surface area contributed by atoms with Crippen LogP contribution in [0.1, 0.15) is 21.7 Å². The lowest BCUT2D eigenvalue weighted by molar-refractivity contribution is -0.152. The van der Waals surface area contributed by atoms with E-state index in [0.717, 1.165) is 11.1 Å². The first kappa shape index (κ1) is 23.2. The van der Waals surface area contributed by atoms with Crippen LogP contribution >= 0.6 is 0 Å². The zero-order chi connectivity index (χ0) is 24.3. The summed E-state index contributed by atoms with van der Waals surface area (Å²) in [6, 6.07) is 14.9. The number of anilines is 1. The van der Waals surface area contributed by atoms with Crippen LogP contribution in [0.15, 0.2) is 76.2 Å². The van der Waals surface area contributed by atoms with Crippen molar-refractivity contribution in [3.05, 3.63) is 83.8 Å². The molecule has 176 valence electrons. The van der Waals surface area contributed by atoms with Crippen LogP contribution in [0.4, 0.5) is 5.69 Å². The number of sulfonamides is 1. The molecule has 0 unspecified atom stereocenters. The monoisotopic (exact) mass is 483 g/mol. The van der Waals surface area contributed by atoms with Crippen LogP contribution < -0.4 is 10.5 Å². The average molecular weight is 484 g/mol. The molecule has 4 rings (SSSR count). The fraction of sp³-hybridized carbons (Fsp3) is 0.174. The molecule has 2 amide bonds. The maximum atomic E-state index is 13.0. The molecule has 1 atom stereocenters. The van der Waals surface area contributed by atoms with Gasteiger partial charge in [0.15, 0.2) is 12.4 Å². The summed E-state index contributed by atoms with van der Waals surface area (Å²) in [5.41, 5.74) is 1.98. The van der Waals surface area contributed by atoms with E-state index in [0.29, 0.717) is 0 Å². The Morgan fingerprint density at radius 3 is 2.53 bits per heavy atom. The lowest BCUT2D eigenvalue weighted by atomic mass is 9.93. The molecular formula is C23H21N3O7S. The highest BCUT2D eigenvalue weighted by Crippen LogP contribution is 2.26. The van der Waals surface area contributed by atoms with Crippen molar-refractivity contribution in [1.29, 1.82) is 0 Å². The summed E-state index contributed by atoms with van der Waals surface area (Å²) in [5.74, 6) is -1.81. The molecule has 3 aromatic rings. The summed E-state index contributed by atoms with van der Waals surface area (Å²) in [7, 11) is -3.94. The summed E-state index contributed by atoms with van der Waals surface area (Å²) in [5, 5.41) is 7.55. The van der Waals surface area contributed by atoms with Gasteiger partial charge in [-0.05, 0) is 41.5 Å². The van der Waals surface area contributed by atoms with E-state index in [9.17, 15) is 22.8 Å². The summed E-state index contributed by atoms with van der Waals surface area (Å²) < 4.78 is 33.4. The van der Waals surface area contributed by atoms with Crippen molar-refractivity contribution in [3.63, 3.8) is 0 Å². The molecule has 0 spiro atoms. The maximum absolute atomic E-state index is 13.0. The van der Waals surface area contributed by atoms with E-state index in [1.165, 1.54) is 41.5 Å². The zero-order valence-electron chi connectivity index (χ0n) is 17.8. The Balaban J connectivity index is 1.45. The number of nitrogens with zero attached hydrogens (tertiary/aromatic N) is 1. The molecule has 2 heterocycles. The SMILES string of the molecule is NS(=O)(=O)c1cccc(NC(=O)COC(=O)[C@@H]2Cc3ccccc3CN2C(=O)c2ccco2)c1. The van der Waals surface area contributed by atoms with Gasteiger partial charge in [0.25, 0.3) is 11.8 Å². The minimum atomic E-state index is -3.94. The van der Waals surface area contributed by atoms with Crippen molar-refractivity contribution >= 4 is 33.5 Å². The Labute approximate surface area is 195 Å². The van der Waals surface area contributed by atoms with Crippen LogP contribution in [-0.2, 0) is 37.3 Å². The minimum absolute atomic E-state index is 0.0877. The molecular weight excluding hydrogens is 462 g/mol. The molecule has 10 nitrogen and oxygen atoms in total. The number of carbonyl (C=O) groups is 3. The molecule has 0 saturated carbocycles. The van der Waals surface area contributed by atoms with Crippen molar-refractivity contribution in [2.45, 2.75) is 23.9 Å². The number of esters is 1. The largest absolute Gasteiger partial charge is 0.459 e. The number of fused-ring (bicyclic) bond motifs is 1. The Bertz CT molecular complexity index is 1340. The maximum Gasteiger partial charge on any atom is 0.329 e. The van der Waals surface area contributed by atoms with Crippen LogP contribution in [0.25, 0.3) is 0 Å². The van der Waals surface area contributed by atoms with Gasteiger partial charge in [-0.3, -0.25) is 9.59 Å². The molecule has 0 saturated heterocycles. The number of furan rings is 1. The first-order valence-corrected chi connectivity index (χ1v) is 11.8. The second-order valence-electron chi connectivity index (χ2n) is 7.63. The topological polar surface area (TPSA) is 149 Å². The summed E-state index contributed by atoms with van der Waals surface area (Å²) in [6.07, 6.45) is 1.59. The van der Waals surface area contributed by atoms with E-state index < -0.39 is 40.5 Å². The lowest BCUT2D eigenvalue weighted by Gasteiger charge is -2.34. The second-order valence-corrected chi connectivity index (χ2v) is 9.19. The van der Waals surface area contributed by atoms with Crippen molar-refractivity contribution in [1.82, 2.24) is 4.90 Å². The standard InChI is InChI=1S/C23H21N3O7S/c24-34(30,31)18-8-3-7-17(12-18)25-21(27)14-33-23(29)19-11-15-5-1-2-6-16(15)13-26(19)22(28)20-9-4-10-32-20/h1-10,12,19H,11,13-14H2,(H,25,27)(H2,24,30,31)/t19-/m0/s1. The third-order valence-corrected chi connectivity index (χ3v) is 6.22. The van der Waals surface area contributed by atoms with Gasteiger partial charge in [-0.25, -0.2) is 18.4 Å². The predicted octanol–water partition coefficient (Wildman–Crippen LogP) is 1.68. The fourth-order valence-corrected chi connectivity index (χ4v) is 4.23. The number of hydrogen-bond acceptors (Lipinski definition) is 7. The van der Waals surface area contributed by atoms with Gasteiger partial charge in [0.05, 0.1) is 11.2 Å². The number of carbonyl (C=O) groups excluding carboxylic acids is 3. The molecule has 0 bridgehead atoms. The van der Waals surface area contributed by atoms with Crippen LogP contribution in [-0.4, -0.2) is 43.8 Å². The molecule has 0 aliphatic carbocycles. The fourth-order valence-electron chi connectivity index (χ4n) is 3.67. The average Bonchev–Trinajstić information content (AvgIpc) is 3.36. The number of rotatable bonds is 6. The Kier molecular flexibility index (Phi) is 6.48. The number of nitrogens with two attached hydrogens (primary N) is 1. The van der Waals surface area contributed by atoms with Gasteiger partial charge >= 0.3 is 5.97 Å². The van der Waals surface area contributed by atoms with E-state index in [1.54, 1.807) is 6.07 Å². The van der Waals surface area contributed by atoms with Gasteiger partial charge in [0.1, 0.15) is 6.04 Å². The van der Waals surface area contributed by atoms with E-state index in [-0.39, 0.29) is 29.3 Å². The van der Waals surface area contributed by atoms with Crippen molar-refractivity contribution in [2.75, 3.05) is 11.9 Å². The van der Waals surface area contributed by atoms with E-state index in [1.807, 2.05) is 24.3 Å². The predicted molar refractivity (Wildman–Crippen MR) is 120 cm³/mol. The quantitative estimate of drug-likeness (QED) is 0.507. The van der Waals surface area contributed by atoms with Crippen molar-refractivity contribution < 1.29 is 32.0 Å². The van der Waals surface area contributed by atoms with E-state index in [4.69, 9.17) is 14.3 Å². The molecule has 34 heavy (non-hydrogen) atoms. The molecule has 1 aliphatic heterocycles. The van der Waals surface area contributed by atoms with Gasteiger partial charge < -0.3 is 19.4 Å². The highest BCUT2D eigenvalue weighted by atomic mass is 32.2. The first-order chi connectivity index (χ1) is 16.2. The van der Waals surface area contributed by atoms with Crippen LogP contribution in [0.2, 0.25) is 0 Å². The first-order valence-electron chi connectivity index (χ1n) is 10.2. The molecule has 3 N–H and O–H groups in total. The molecule has 1 aromatic heterocycles. The van der Waals surface area contributed by atoms with Crippen LogP contribution in [0.3, 0.4) is 0 Å². The number of benzene rings is 2. The molecule has 11 heteroatoms. The Hall–Kier alpha value is -3.96. The number of nitrogens with one attached hydrogen (secondary N) is 1. The lowest BCUT2D eigenvalue weighted by Crippen LogP contribution is -2.49. The van der Waals surface area contributed by atoms with Gasteiger partial charge in [0, 0.05) is 18.7 Å². The Morgan fingerprint density at radius 1 is 1.06 bits per heavy atom. The summed E-state index contributed by atoms with van der Waals surface area (Å²) in [6.45, 7) is -0.443. The number of primary sulfonamides is 1. The van der Waals surface area contributed by atoms with E-state index in [2.05, 4.69) is 5.32 Å². The Morgan fingerprint density at radius 2 is 1.82 bits per heavy atom. The number of hydrogen-bond donors (Lipinski definition) is 2. The molecule has 1 aliphatic rings. The minimum Gasteiger partial charge on any atom is -0.459 e. The third-order valence-electron chi connectivity index (χ3n) is 5.31. The summed E-state index contributed by atoms with van der Waals surface area (Å²) in [4.78, 5) is 39.4. The van der Waals surface area contributed by atoms with Crippen LogP contribution in [0, 0.1) is 0 Å². The number of ether oxygens (including phenoxy) is 1. The highest BCUT2D eigenvalue weighted by Gasteiger charge is 2.37. The normalized spacial score (nSPS) is 15.3. The molecule has 0 fully saturated rings. The van der Waals surface area contributed by atoms with Crippen LogP contribution in [0.5, 0.6) is 0 Å². The van der Waals surface area contributed by atoms with E-state index >= 15 is 0 Å². The van der Waals surface area contributed by atoms with Gasteiger partial charge in [0.2, 0.25) is 10.0 Å². The summed E-state index contributed by atoms with van der Waals surface area (Å²) >= 11 is 0. The number of amides is 2. The highest BCUT2D eigenvalue weighted by molar-refractivity contribution is 7.89. The van der Waals surface area contributed by atoms with Crippen molar-refractivity contribution in [3.8, 4) is 0 Å². The van der Waals surface area contributed by atoms with Gasteiger partial charge in [-0.2, -0.15) is 0 Å². The van der Waals surface area contributed by atoms with Crippen molar-refractivity contribution in [2.24, 2.45) is 5.14 Å².